The molecule has 0 radical (unpaired) electrons. The predicted octanol–water partition coefficient (Wildman–Crippen LogP) is 12.6. The van der Waals surface area contributed by atoms with Crippen LogP contribution in [0.5, 0.6) is 0 Å². The molecule has 0 aromatic rings. The fourth-order valence-electron chi connectivity index (χ4n) is 4.74. The van der Waals surface area contributed by atoms with E-state index in [2.05, 4.69) is 56.7 Å². The molecular formula is C38H73N. The molecule has 0 aromatic heterocycles. The van der Waals surface area contributed by atoms with E-state index in [-0.39, 0.29) is 0 Å². The topological polar surface area (TPSA) is 12.0 Å². The van der Waals surface area contributed by atoms with Crippen LogP contribution in [0, 0.1) is 23.7 Å². The Morgan fingerprint density at radius 3 is 0.872 bits per heavy atom. The maximum atomic E-state index is 3.57. The standard InChI is InChI=1S/C22H38.C16H35N/c1-3-5-7-9-11-13-15-17-19-21-22-20-18-16-14-12-10-8-6-4-2;1-3-5-7-9-11-13-15-17-16-14-12-10-8-6-4-2/h3-18H2,1-2H3;17H,3-16H2,1-2H3. The van der Waals surface area contributed by atoms with E-state index >= 15 is 0 Å². The molecule has 0 spiro atoms. The molecule has 0 atom stereocenters. The molecule has 0 amide bonds. The highest BCUT2D eigenvalue weighted by molar-refractivity contribution is 5.25. The Morgan fingerprint density at radius 1 is 0.308 bits per heavy atom. The van der Waals surface area contributed by atoms with Crippen LogP contribution >= 0.6 is 0 Å². The maximum absolute atomic E-state index is 3.57. The monoisotopic (exact) mass is 544 g/mol. The summed E-state index contributed by atoms with van der Waals surface area (Å²) >= 11 is 0. The number of hydrogen-bond acceptors (Lipinski definition) is 1. The summed E-state index contributed by atoms with van der Waals surface area (Å²) in [4.78, 5) is 0. The minimum absolute atomic E-state index is 1.03. The highest BCUT2D eigenvalue weighted by atomic mass is 14.8. The molecule has 230 valence electrons. The van der Waals surface area contributed by atoms with Crippen molar-refractivity contribution in [3.05, 3.63) is 0 Å². The lowest BCUT2D eigenvalue weighted by Crippen LogP contribution is -2.16. The average Bonchev–Trinajstić information content (AvgIpc) is 2.95. The Balaban J connectivity index is 0. The van der Waals surface area contributed by atoms with Gasteiger partial charge in [0.1, 0.15) is 0 Å². The number of nitrogens with one attached hydrogen (secondary N) is 1. The van der Waals surface area contributed by atoms with Gasteiger partial charge in [-0.05, 0) is 50.6 Å². The first-order chi connectivity index (χ1) is 19.3. The van der Waals surface area contributed by atoms with Crippen LogP contribution in [0.2, 0.25) is 0 Å². The molecule has 0 aromatic carbocycles. The van der Waals surface area contributed by atoms with Crippen molar-refractivity contribution in [1.29, 1.82) is 0 Å². The van der Waals surface area contributed by atoms with Gasteiger partial charge in [0.2, 0.25) is 0 Å². The summed E-state index contributed by atoms with van der Waals surface area (Å²) in [7, 11) is 0. The van der Waals surface area contributed by atoms with Gasteiger partial charge < -0.3 is 5.32 Å². The maximum Gasteiger partial charge on any atom is 0.00989 e. The van der Waals surface area contributed by atoms with Crippen molar-refractivity contribution in [2.75, 3.05) is 13.1 Å². The molecule has 1 heteroatoms. The van der Waals surface area contributed by atoms with Gasteiger partial charge in [-0.1, -0.05) is 181 Å². The summed E-state index contributed by atoms with van der Waals surface area (Å²) in [5.41, 5.74) is 0. The molecule has 0 unspecified atom stereocenters. The highest BCUT2D eigenvalue weighted by Crippen LogP contribution is 2.09. The minimum Gasteiger partial charge on any atom is -0.317 e. The summed E-state index contributed by atoms with van der Waals surface area (Å²) in [6.07, 6.45) is 38.0. The van der Waals surface area contributed by atoms with Gasteiger partial charge in [0.25, 0.3) is 0 Å². The SMILES string of the molecule is CCCCCCCCCC#CC#CCCCCCCCCC.CCCCCCCCNCCCCCCCC. The van der Waals surface area contributed by atoms with Crippen LogP contribution in [0.4, 0.5) is 0 Å². The van der Waals surface area contributed by atoms with Gasteiger partial charge in [0.15, 0.2) is 0 Å². The molecule has 0 saturated carbocycles. The van der Waals surface area contributed by atoms with Crippen LogP contribution in [0.15, 0.2) is 0 Å². The summed E-state index contributed by atoms with van der Waals surface area (Å²) in [5, 5.41) is 3.57. The Kier molecular flexibility index (Phi) is 42.9. The highest BCUT2D eigenvalue weighted by Gasteiger charge is 1.93. The molecule has 0 bridgehead atoms. The summed E-state index contributed by atoms with van der Waals surface area (Å²) in [6, 6.07) is 0. The van der Waals surface area contributed by atoms with Crippen LogP contribution < -0.4 is 5.32 Å². The number of rotatable bonds is 28. The fraction of sp³-hybridized carbons (Fsp3) is 0.895. The number of unbranched alkanes of at least 4 members (excludes halogenated alkanes) is 24. The van der Waals surface area contributed by atoms with Crippen LogP contribution in [-0.2, 0) is 0 Å². The number of hydrogen-bond donors (Lipinski definition) is 1. The third-order valence-corrected chi connectivity index (χ3v) is 7.46. The molecular weight excluding hydrogens is 470 g/mol. The van der Waals surface area contributed by atoms with Gasteiger partial charge in [0, 0.05) is 12.8 Å². The predicted molar refractivity (Wildman–Crippen MR) is 180 cm³/mol. The molecule has 0 aliphatic rings. The van der Waals surface area contributed by atoms with Gasteiger partial charge in [-0.2, -0.15) is 0 Å². The summed E-state index contributed by atoms with van der Waals surface area (Å²) in [5.74, 6) is 12.4. The summed E-state index contributed by atoms with van der Waals surface area (Å²) < 4.78 is 0. The average molecular weight is 544 g/mol. The second kappa shape index (κ2) is 41.6. The van der Waals surface area contributed by atoms with E-state index in [1.54, 1.807) is 0 Å². The van der Waals surface area contributed by atoms with Gasteiger partial charge in [-0.3, -0.25) is 0 Å². The zero-order valence-electron chi connectivity index (χ0n) is 27.7. The fourth-order valence-corrected chi connectivity index (χ4v) is 4.74. The first-order valence-corrected chi connectivity index (χ1v) is 18.0. The first-order valence-electron chi connectivity index (χ1n) is 18.0. The second-order valence-corrected chi connectivity index (χ2v) is 11.6. The molecule has 1 N–H and O–H groups in total. The zero-order chi connectivity index (χ0) is 28.7. The van der Waals surface area contributed by atoms with Gasteiger partial charge in [0.05, 0.1) is 0 Å². The van der Waals surface area contributed by atoms with Crippen molar-refractivity contribution < 1.29 is 0 Å². The van der Waals surface area contributed by atoms with Gasteiger partial charge in [-0.25, -0.2) is 0 Å². The van der Waals surface area contributed by atoms with E-state index in [1.165, 1.54) is 180 Å². The first kappa shape index (κ1) is 40.2. The van der Waals surface area contributed by atoms with E-state index in [1.807, 2.05) is 0 Å². The van der Waals surface area contributed by atoms with Crippen molar-refractivity contribution in [3.8, 4) is 23.7 Å². The Morgan fingerprint density at radius 2 is 0.564 bits per heavy atom. The van der Waals surface area contributed by atoms with Crippen LogP contribution in [0.3, 0.4) is 0 Å². The van der Waals surface area contributed by atoms with Crippen molar-refractivity contribution in [2.45, 2.75) is 207 Å². The quantitative estimate of drug-likeness (QED) is 0.0764. The molecule has 0 fully saturated rings. The van der Waals surface area contributed by atoms with Crippen molar-refractivity contribution >= 4 is 0 Å². The van der Waals surface area contributed by atoms with Gasteiger partial charge in [-0.15, -0.1) is 0 Å². The lowest BCUT2D eigenvalue weighted by atomic mass is 10.1. The Bertz CT molecular complexity index is 480. The van der Waals surface area contributed by atoms with E-state index in [9.17, 15) is 0 Å². The van der Waals surface area contributed by atoms with Crippen LogP contribution in [0.25, 0.3) is 0 Å². The molecule has 1 nitrogen and oxygen atoms in total. The van der Waals surface area contributed by atoms with E-state index in [0.717, 1.165) is 12.8 Å². The van der Waals surface area contributed by atoms with Crippen molar-refractivity contribution in [1.82, 2.24) is 5.32 Å². The van der Waals surface area contributed by atoms with Crippen LogP contribution in [-0.4, -0.2) is 13.1 Å². The van der Waals surface area contributed by atoms with Crippen molar-refractivity contribution in [3.63, 3.8) is 0 Å². The third-order valence-electron chi connectivity index (χ3n) is 7.46. The largest absolute Gasteiger partial charge is 0.317 e. The normalized spacial score (nSPS) is 10.3. The Hall–Kier alpha value is -0.920. The van der Waals surface area contributed by atoms with E-state index < -0.39 is 0 Å². The smallest absolute Gasteiger partial charge is 0.00989 e. The van der Waals surface area contributed by atoms with Gasteiger partial charge >= 0.3 is 0 Å². The molecule has 0 heterocycles. The van der Waals surface area contributed by atoms with E-state index in [4.69, 9.17) is 0 Å². The zero-order valence-corrected chi connectivity index (χ0v) is 27.7. The molecule has 0 rings (SSSR count). The lowest BCUT2D eigenvalue weighted by Gasteiger charge is -2.04. The second-order valence-electron chi connectivity index (χ2n) is 11.6. The van der Waals surface area contributed by atoms with Crippen LogP contribution in [0.1, 0.15) is 207 Å². The third kappa shape index (κ3) is 44.3. The van der Waals surface area contributed by atoms with Crippen molar-refractivity contribution in [2.24, 2.45) is 0 Å². The molecule has 0 saturated heterocycles. The Labute approximate surface area is 249 Å². The van der Waals surface area contributed by atoms with E-state index in [0.29, 0.717) is 0 Å². The molecule has 0 aliphatic heterocycles. The lowest BCUT2D eigenvalue weighted by molar-refractivity contribution is 0.543. The summed E-state index contributed by atoms with van der Waals surface area (Å²) in [6.45, 7) is 11.6. The molecule has 39 heavy (non-hydrogen) atoms. The minimum atomic E-state index is 1.03. The molecule has 0 aliphatic carbocycles.